The summed E-state index contributed by atoms with van der Waals surface area (Å²) in [4.78, 5) is 0. The average molecular weight is 643 g/mol. The SMILES string of the molecule is OCC1(CO)CCCCCCCCCCCCCCCCCCCCCCCCCCCCCCC(CO)(CO)C1(CO)CO. The molecule has 0 bridgehead atoms. The molecule has 0 aromatic carbocycles. The third-order valence-corrected chi connectivity index (χ3v) is 11.8. The minimum Gasteiger partial charge on any atom is -0.396 e. The van der Waals surface area contributed by atoms with E-state index in [4.69, 9.17) is 0 Å². The quantitative estimate of drug-likeness (QED) is 0.173. The monoisotopic (exact) mass is 643 g/mol. The van der Waals surface area contributed by atoms with Gasteiger partial charge in [0.2, 0.25) is 0 Å². The molecule has 1 aliphatic rings. The molecule has 6 heteroatoms. The Kier molecular flexibility index (Phi) is 26.3. The molecular weight excluding hydrogens is 564 g/mol. The molecule has 1 aliphatic carbocycles. The lowest BCUT2D eigenvalue weighted by Gasteiger charge is -2.57. The molecule has 0 aromatic rings. The summed E-state index contributed by atoms with van der Waals surface area (Å²) in [6.07, 6.45) is 36.0. The normalized spacial score (nSPS) is 24.4. The van der Waals surface area contributed by atoms with Crippen molar-refractivity contribution in [2.45, 2.75) is 193 Å². The Balaban J connectivity index is 2.74. The van der Waals surface area contributed by atoms with Crippen molar-refractivity contribution in [3.63, 3.8) is 0 Å². The van der Waals surface area contributed by atoms with Crippen molar-refractivity contribution in [3.8, 4) is 0 Å². The van der Waals surface area contributed by atoms with E-state index in [0.717, 1.165) is 38.5 Å². The van der Waals surface area contributed by atoms with Crippen LogP contribution in [0.5, 0.6) is 0 Å². The van der Waals surface area contributed by atoms with Crippen LogP contribution in [-0.4, -0.2) is 70.3 Å². The van der Waals surface area contributed by atoms with Crippen molar-refractivity contribution in [1.29, 1.82) is 0 Å². The van der Waals surface area contributed by atoms with Gasteiger partial charge in [0.25, 0.3) is 0 Å². The molecule has 45 heavy (non-hydrogen) atoms. The van der Waals surface area contributed by atoms with Gasteiger partial charge in [0.1, 0.15) is 0 Å². The zero-order chi connectivity index (χ0) is 33.0. The molecule has 270 valence electrons. The summed E-state index contributed by atoms with van der Waals surface area (Å²) in [5.74, 6) is 0. The van der Waals surface area contributed by atoms with Crippen molar-refractivity contribution < 1.29 is 30.6 Å². The number of hydrogen-bond acceptors (Lipinski definition) is 6. The lowest BCUT2D eigenvalue weighted by atomic mass is 9.49. The summed E-state index contributed by atoms with van der Waals surface area (Å²) in [6, 6.07) is 0. The average Bonchev–Trinajstić information content (AvgIpc) is 3.07. The Labute approximate surface area is 278 Å². The van der Waals surface area contributed by atoms with E-state index < -0.39 is 55.9 Å². The second-order valence-corrected chi connectivity index (χ2v) is 15.0. The van der Waals surface area contributed by atoms with Gasteiger partial charge in [0.15, 0.2) is 0 Å². The molecule has 6 nitrogen and oxygen atoms in total. The first-order valence-corrected chi connectivity index (χ1v) is 19.7. The molecule has 0 aromatic heterocycles. The predicted octanol–water partition coefficient (Wildman–Crippen LogP) is 8.62. The fourth-order valence-electron chi connectivity index (χ4n) is 8.31. The fourth-order valence-corrected chi connectivity index (χ4v) is 8.31. The first-order chi connectivity index (χ1) is 22.1. The molecule has 0 saturated heterocycles. The van der Waals surface area contributed by atoms with Crippen LogP contribution >= 0.6 is 0 Å². The van der Waals surface area contributed by atoms with E-state index in [0.29, 0.717) is 12.8 Å². The maximum absolute atomic E-state index is 10.8. The van der Waals surface area contributed by atoms with Crippen LogP contribution in [0.15, 0.2) is 0 Å². The van der Waals surface area contributed by atoms with Crippen LogP contribution in [0.4, 0.5) is 0 Å². The Bertz CT molecular complexity index is 579. The van der Waals surface area contributed by atoms with Gasteiger partial charge in [0, 0.05) is 16.2 Å². The largest absolute Gasteiger partial charge is 0.396 e. The Morgan fingerprint density at radius 3 is 0.511 bits per heavy atom. The zero-order valence-electron chi connectivity index (χ0n) is 29.6. The smallest absolute Gasteiger partial charge is 0.0523 e. The summed E-state index contributed by atoms with van der Waals surface area (Å²) in [5, 5.41) is 64.2. The van der Waals surface area contributed by atoms with Crippen LogP contribution in [0.25, 0.3) is 0 Å². The van der Waals surface area contributed by atoms with Gasteiger partial charge >= 0.3 is 0 Å². The highest BCUT2D eigenvalue weighted by Gasteiger charge is 2.61. The molecule has 0 heterocycles. The van der Waals surface area contributed by atoms with E-state index >= 15 is 0 Å². The summed E-state index contributed by atoms with van der Waals surface area (Å²) in [6.45, 7) is -2.66. The maximum Gasteiger partial charge on any atom is 0.0523 e. The topological polar surface area (TPSA) is 121 Å². The van der Waals surface area contributed by atoms with Crippen LogP contribution in [0.2, 0.25) is 0 Å². The predicted molar refractivity (Wildman–Crippen MR) is 188 cm³/mol. The lowest BCUT2D eigenvalue weighted by molar-refractivity contribution is -0.214. The molecule has 0 aliphatic heterocycles. The van der Waals surface area contributed by atoms with Crippen molar-refractivity contribution in [2.75, 3.05) is 39.6 Å². The Morgan fingerprint density at radius 2 is 0.378 bits per heavy atom. The van der Waals surface area contributed by atoms with Crippen molar-refractivity contribution in [1.82, 2.24) is 0 Å². The van der Waals surface area contributed by atoms with E-state index in [9.17, 15) is 30.6 Å². The van der Waals surface area contributed by atoms with E-state index in [2.05, 4.69) is 0 Å². The van der Waals surface area contributed by atoms with Gasteiger partial charge in [-0.05, 0) is 12.8 Å². The second-order valence-electron chi connectivity index (χ2n) is 15.0. The first-order valence-electron chi connectivity index (χ1n) is 19.7. The molecule has 0 amide bonds. The summed E-state index contributed by atoms with van der Waals surface area (Å²) < 4.78 is 0. The molecule has 0 radical (unpaired) electrons. The lowest BCUT2D eigenvalue weighted by Crippen LogP contribution is -2.64. The standard InChI is InChI=1S/C39H78O6/c40-31-37(32-41)29-27-25-23-21-19-17-15-13-11-9-7-5-3-1-2-4-6-8-10-12-14-16-18-20-22-24-26-28-30-38(33-42,34-43)39(37,35-44)36-45/h40-45H,1-36H2. The number of aliphatic hydroxyl groups excluding tert-OH is 6. The van der Waals surface area contributed by atoms with Gasteiger partial charge in [-0.3, -0.25) is 0 Å². The van der Waals surface area contributed by atoms with Gasteiger partial charge in [0.05, 0.1) is 39.6 Å². The third kappa shape index (κ3) is 15.2. The number of aliphatic hydroxyl groups is 6. The Hall–Kier alpha value is -0.240. The van der Waals surface area contributed by atoms with Crippen LogP contribution in [0.3, 0.4) is 0 Å². The maximum atomic E-state index is 10.8. The van der Waals surface area contributed by atoms with Gasteiger partial charge in [-0.1, -0.05) is 180 Å². The molecule has 1 fully saturated rings. The first kappa shape index (κ1) is 42.8. The molecule has 1 saturated carbocycles. The van der Waals surface area contributed by atoms with Crippen molar-refractivity contribution in [2.24, 2.45) is 16.2 Å². The summed E-state index contributed by atoms with van der Waals surface area (Å²) >= 11 is 0. The van der Waals surface area contributed by atoms with Crippen LogP contribution in [0, 0.1) is 16.2 Å². The summed E-state index contributed by atoms with van der Waals surface area (Å²) in [5.41, 5.74) is -3.79. The third-order valence-electron chi connectivity index (χ3n) is 11.8. The summed E-state index contributed by atoms with van der Waals surface area (Å²) in [7, 11) is 0. The molecule has 0 spiro atoms. The van der Waals surface area contributed by atoms with E-state index in [1.807, 2.05) is 0 Å². The Morgan fingerprint density at radius 1 is 0.222 bits per heavy atom. The van der Waals surface area contributed by atoms with E-state index in [1.165, 1.54) is 141 Å². The minimum atomic E-state index is -1.40. The highest BCUT2D eigenvalue weighted by molar-refractivity contribution is 5.08. The second kappa shape index (κ2) is 27.7. The molecular formula is C39H78O6. The molecule has 1 rings (SSSR count). The van der Waals surface area contributed by atoms with Gasteiger partial charge < -0.3 is 30.6 Å². The highest BCUT2D eigenvalue weighted by Crippen LogP contribution is 2.56. The van der Waals surface area contributed by atoms with Gasteiger partial charge in [-0.15, -0.1) is 0 Å². The van der Waals surface area contributed by atoms with Gasteiger partial charge in [-0.2, -0.15) is 0 Å². The number of hydrogen-bond donors (Lipinski definition) is 6. The van der Waals surface area contributed by atoms with Crippen LogP contribution in [0.1, 0.15) is 193 Å². The fraction of sp³-hybridized carbons (Fsp3) is 1.00. The molecule has 0 atom stereocenters. The molecule has 6 N–H and O–H groups in total. The van der Waals surface area contributed by atoms with Crippen molar-refractivity contribution in [3.05, 3.63) is 0 Å². The van der Waals surface area contributed by atoms with E-state index in [-0.39, 0.29) is 0 Å². The minimum absolute atomic E-state index is 0.410. The van der Waals surface area contributed by atoms with E-state index in [1.54, 1.807) is 0 Å². The molecule has 0 unspecified atom stereocenters. The number of rotatable bonds is 6. The van der Waals surface area contributed by atoms with Crippen LogP contribution in [-0.2, 0) is 0 Å². The highest BCUT2D eigenvalue weighted by atomic mass is 16.3. The zero-order valence-corrected chi connectivity index (χ0v) is 29.6. The van der Waals surface area contributed by atoms with Crippen LogP contribution < -0.4 is 0 Å². The van der Waals surface area contributed by atoms with Gasteiger partial charge in [-0.25, -0.2) is 0 Å². The van der Waals surface area contributed by atoms with Crippen molar-refractivity contribution >= 4 is 0 Å².